The molecule has 0 aromatic heterocycles. The average molecular weight is 345 g/mol. The van der Waals surface area contributed by atoms with Crippen molar-refractivity contribution >= 4 is 23.3 Å². The summed E-state index contributed by atoms with van der Waals surface area (Å²) in [6, 6.07) is 16.7. The average Bonchev–Trinajstić information content (AvgIpc) is 2.58. The molecule has 6 heteroatoms. The minimum absolute atomic E-state index is 0.228. The minimum atomic E-state index is -1.11. The van der Waals surface area contributed by atoms with Gasteiger partial charge < -0.3 is 4.84 Å². The zero-order chi connectivity index (χ0) is 17.2. The molecule has 0 bridgehead atoms. The first-order valence-corrected chi connectivity index (χ1v) is 7.89. The van der Waals surface area contributed by atoms with Crippen molar-refractivity contribution in [3.05, 3.63) is 70.7 Å². The summed E-state index contributed by atoms with van der Waals surface area (Å²) in [7, 11) is 0. The van der Waals surface area contributed by atoms with Crippen molar-refractivity contribution in [1.82, 2.24) is 5.06 Å². The molecule has 0 saturated carbocycles. The van der Waals surface area contributed by atoms with E-state index < -0.39 is 5.60 Å². The van der Waals surface area contributed by atoms with E-state index in [2.05, 4.69) is 5.16 Å². The van der Waals surface area contributed by atoms with Crippen molar-refractivity contribution in [2.45, 2.75) is 26.1 Å². The van der Waals surface area contributed by atoms with Gasteiger partial charge in [-0.3, -0.25) is 9.63 Å². The third kappa shape index (κ3) is 3.27. The van der Waals surface area contributed by atoms with E-state index in [-0.39, 0.29) is 18.3 Å². The van der Waals surface area contributed by atoms with Crippen LogP contribution in [0, 0.1) is 0 Å². The summed E-state index contributed by atoms with van der Waals surface area (Å²) in [6.45, 7) is 3.51. The molecular formula is C18H17ClN2O3. The molecule has 3 rings (SSSR count). The summed E-state index contributed by atoms with van der Waals surface area (Å²) in [6.07, 6.45) is 0. The Bertz CT molecular complexity index is 775. The van der Waals surface area contributed by atoms with E-state index in [1.54, 1.807) is 32.0 Å². The van der Waals surface area contributed by atoms with Gasteiger partial charge in [-0.15, -0.1) is 0 Å². The molecular weight excluding hydrogens is 328 g/mol. The third-order valence-corrected chi connectivity index (χ3v) is 3.90. The van der Waals surface area contributed by atoms with Gasteiger partial charge in [0.1, 0.15) is 6.61 Å². The topological polar surface area (TPSA) is 51.1 Å². The largest absolute Gasteiger partial charge is 0.378 e. The van der Waals surface area contributed by atoms with E-state index in [1.807, 2.05) is 36.4 Å². The maximum atomic E-state index is 12.7. The Morgan fingerprint density at radius 1 is 1.12 bits per heavy atom. The highest BCUT2D eigenvalue weighted by Gasteiger charge is 2.42. The fraction of sp³-hybridized carbons (Fsp3) is 0.222. The maximum Gasteiger partial charge on any atom is 0.298 e. The van der Waals surface area contributed by atoms with E-state index in [4.69, 9.17) is 21.3 Å². The Morgan fingerprint density at radius 2 is 1.79 bits per heavy atom. The SMILES string of the molecule is CC1(C)ON=C(c2ccccc2Cl)N(OCc2ccccc2)C1=O. The molecule has 124 valence electrons. The first kappa shape index (κ1) is 16.5. The standard InChI is InChI=1S/C18H17ClN2O3/c1-18(2)17(22)21(23-12-13-8-4-3-5-9-13)16(20-24-18)14-10-6-7-11-15(14)19/h3-11H,12H2,1-2H3. The number of nitrogens with zero attached hydrogens (tertiary/aromatic N) is 2. The Hall–Kier alpha value is -2.37. The van der Waals surface area contributed by atoms with Crippen LogP contribution in [0.15, 0.2) is 59.8 Å². The first-order chi connectivity index (χ1) is 11.5. The molecule has 1 aliphatic rings. The number of benzene rings is 2. The lowest BCUT2D eigenvalue weighted by Gasteiger charge is -2.34. The summed E-state index contributed by atoms with van der Waals surface area (Å²) in [5.41, 5.74) is 0.394. The second-order valence-corrected chi connectivity index (χ2v) is 6.26. The molecule has 0 saturated heterocycles. The predicted molar refractivity (Wildman–Crippen MR) is 91.2 cm³/mol. The van der Waals surface area contributed by atoms with Crippen LogP contribution in [0.1, 0.15) is 25.0 Å². The number of carbonyl (C=O) groups excluding carboxylic acids is 1. The summed E-state index contributed by atoms with van der Waals surface area (Å²) in [4.78, 5) is 23.8. The van der Waals surface area contributed by atoms with Crippen LogP contribution >= 0.6 is 11.6 Å². The molecule has 0 fully saturated rings. The van der Waals surface area contributed by atoms with Gasteiger partial charge >= 0.3 is 0 Å². The summed E-state index contributed by atoms with van der Waals surface area (Å²) in [5.74, 6) is -0.107. The second kappa shape index (κ2) is 6.63. The highest BCUT2D eigenvalue weighted by molar-refractivity contribution is 6.34. The molecule has 0 unspecified atom stereocenters. The van der Waals surface area contributed by atoms with Crippen molar-refractivity contribution in [3.63, 3.8) is 0 Å². The van der Waals surface area contributed by atoms with Gasteiger partial charge in [-0.1, -0.05) is 59.2 Å². The molecule has 0 N–H and O–H groups in total. The van der Waals surface area contributed by atoms with Crippen LogP contribution in [0.4, 0.5) is 0 Å². The van der Waals surface area contributed by atoms with E-state index in [0.717, 1.165) is 10.6 Å². The van der Waals surface area contributed by atoms with Gasteiger partial charge in [-0.05, 0) is 31.5 Å². The van der Waals surface area contributed by atoms with Gasteiger partial charge in [-0.25, -0.2) is 0 Å². The molecule has 5 nitrogen and oxygen atoms in total. The van der Waals surface area contributed by atoms with Crippen molar-refractivity contribution in [3.8, 4) is 0 Å². The number of oxime groups is 1. The highest BCUT2D eigenvalue weighted by Crippen LogP contribution is 2.26. The lowest BCUT2D eigenvalue weighted by atomic mass is 10.1. The lowest BCUT2D eigenvalue weighted by Crippen LogP contribution is -2.52. The minimum Gasteiger partial charge on any atom is -0.378 e. The molecule has 2 aromatic rings. The number of halogens is 1. The van der Waals surface area contributed by atoms with Gasteiger partial charge in [0.2, 0.25) is 11.4 Å². The van der Waals surface area contributed by atoms with Crippen LogP contribution in [0.25, 0.3) is 0 Å². The Morgan fingerprint density at radius 3 is 2.50 bits per heavy atom. The monoisotopic (exact) mass is 344 g/mol. The van der Waals surface area contributed by atoms with Crippen LogP contribution in [0.3, 0.4) is 0 Å². The van der Waals surface area contributed by atoms with Crippen molar-refractivity contribution < 1.29 is 14.5 Å². The predicted octanol–water partition coefficient (Wildman–Crippen LogP) is 3.77. The molecule has 24 heavy (non-hydrogen) atoms. The smallest absolute Gasteiger partial charge is 0.298 e. The lowest BCUT2D eigenvalue weighted by molar-refractivity contribution is -0.196. The molecule has 0 aliphatic carbocycles. The fourth-order valence-corrected chi connectivity index (χ4v) is 2.43. The number of carbonyl (C=O) groups is 1. The van der Waals surface area contributed by atoms with Crippen LogP contribution in [0.5, 0.6) is 0 Å². The van der Waals surface area contributed by atoms with Gasteiger partial charge in [0.05, 0.1) is 5.02 Å². The van der Waals surface area contributed by atoms with Gasteiger partial charge in [-0.2, -0.15) is 5.06 Å². The normalized spacial score (nSPS) is 16.5. The van der Waals surface area contributed by atoms with Crippen LogP contribution in [-0.4, -0.2) is 22.4 Å². The van der Waals surface area contributed by atoms with E-state index >= 15 is 0 Å². The Balaban J connectivity index is 1.92. The molecule has 0 atom stereocenters. The Kier molecular flexibility index (Phi) is 4.55. The van der Waals surface area contributed by atoms with Gasteiger partial charge in [0.15, 0.2) is 0 Å². The van der Waals surface area contributed by atoms with Crippen molar-refractivity contribution in [2.75, 3.05) is 0 Å². The van der Waals surface area contributed by atoms with Gasteiger partial charge in [0.25, 0.3) is 5.91 Å². The highest BCUT2D eigenvalue weighted by atomic mass is 35.5. The Labute approximate surface area is 145 Å². The van der Waals surface area contributed by atoms with Crippen molar-refractivity contribution in [1.29, 1.82) is 0 Å². The summed E-state index contributed by atoms with van der Waals surface area (Å²) >= 11 is 6.23. The first-order valence-electron chi connectivity index (χ1n) is 7.51. The number of hydroxylamine groups is 2. The zero-order valence-electron chi connectivity index (χ0n) is 13.4. The molecule has 1 aliphatic heterocycles. The zero-order valence-corrected chi connectivity index (χ0v) is 14.2. The van der Waals surface area contributed by atoms with Crippen LogP contribution in [-0.2, 0) is 21.1 Å². The number of hydrogen-bond acceptors (Lipinski definition) is 4. The van der Waals surface area contributed by atoms with E-state index in [1.165, 1.54) is 0 Å². The number of rotatable bonds is 4. The molecule has 2 aromatic carbocycles. The van der Waals surface area contributed by atoms with Crippen LogP contribution in [0.2, 0.25) is 5.02 Å². The van der Waals surface area contributed by atoms with E-state index in [0.29, 0.717) is 10.6 Å². The number of amidine groups is 1. The summed E-state index contributed by atoms with van der Waals surface area (Å²) in [5, 5.41) is 5.69. The van der Waals surface area contributed by atoms with Gasteiger partial charge in [0, 0.05) is 5.56 Å². The number of hydrogen-bond donors (Lipinski definition) is 0. The maximum absolute atomic E-state index is 12.7. The third-order valence-electron chi connectivity index (χ3n) is 3.57. The van der Waals surface area contributed by atoms with E-state index in [9.17, 15) is 4.79 Å². The quantitative estimate of drug-likeness (QED) is 0.848. The molecule has 1 heterocycles. The second-order valence-electron chi connectivity index (χ2n) is 5.85. The molecule has 1 amide bonds. The van der Waals surface area contributed by atoms with Crippen LogP contribution < -0.4 is 0 Å². The fourth-order valence-electron chi connectivity index (χ4n) is 2.21. The summed E-state index contributed by atoms with van der Waals surface area (Å²) < 4.78 is 0. The number of amides is 1. The molecule has 0 radical (unpaired) electrons. The molecule has 0 spiro atoms. The van der Waals surface area contributed by atoms with Crippen molar-refractivity contribution in [2.24, 2.45) is 5.16 Å².